The van der Waals surface area contributed by atoms with E-state index >= 15 is 0 Å². The second kappa shape index (κ2) is 7.13. The first-order valence-corrected chi connectivity index (χ1v) is 11.2. The molecule has 0 spiro atoms. The number of hydrogen-bond donors (Lipinski definition) is 1. The lowest BCUT2D eigenvalue weighted by Crippen LogP contribution is -2.13. The molecule has 1 aliphatic rings. The van der Waals surface area contributed by atoms with E-state index in [1.807, 2.05) is 24.3 Å². The van der Waals surface area contributed by atoms with Gasteiger partial charge in [0.1, 0.15) is 16.4 Å². The van der Waals surface area contributed by atoms with Gasteiger partial charge in [0.25, 0.3) is 5.56 Å². The summed E-state index contributed by atoms with van der Waals surface area (Å²) in [6.07, 6.45) is 3.17. The summed E-state index contributed by atoms with van der Waals surface area (Å²) in [6, 6.07) is 10.1. The number of ether oxygens (including phenoxy) is 1. The maximum atomic E-state index is 13.0. The van der Waals surface area contributed by atoms with Crippen LogP contribution in [-0.4, -0.2) is 21.6 Å². The molecule has 30 heavy (non-hydrogen) atoms. The number of methoxy groups -OCH3 is 1. The largest absolute Gasteiger partial charge is 0.497 e. The number of nitrogens with zero attached hydrogens (tertiary/aromatic N) is 2. The molecule has 1 N–H and O–H groups in total. The van der Waals surface area contributed by atoms with Gasteiger partial charge in [0, 0.05) is 27.5 Å². The Hall–Kier alpha value is -2.86. The van der Waals surface area contributed by atoms with Gasteiger partial charge in [-0.05, 0) is 74.9 Å². The molecule has 6 heteroatoms. The third-order valence-electron chi connectivity index (χ3n) is 6.18. The topological polar surface area (TPSA) is 59.9 Å². The molecule has 0 bridgehead atoms. The second-order valence-electron chi connectivity index (χ2n) is 8.26. The van der Waals surface area contributed by atoms with Gasteiger partial charge >= 0.3 is 0 Å². The van der Waals surface area contributed by atoms with E-state index in [4.69, 9.17) is 9.72 Å². The fourth-order valence-electron chi connectivity index (χ4n) is 4.61. The van der Waals surface area contributed by atoms with Crippen LogP contribution in [-0.2, 0) is 12.8 Å². The number of thiophene rings is 1. The summed E-state index contributed by atoms with van der Waals surface area (Å²) in [4.78, 5) is 23.2. The molecule has 3 heterocycles. The van der Waals surface area contributed by atoms with E-state index in [2.05, 4.69) is 36.4 Å². The highest BCUT2D eigenvalue weighted by Crippen LogP contribution is 2.37. The number of aromatic nitrogens is 3. The molecule has 1 aliphatic carbocycles. The van der Waals surface area contributed by atoms with Gasteiger partial charge in [-0.1, -0.05) is 6.92 Å². The lowest BCUT2D eigenvalue weighted by Gasteiger charge is -2.17. The Balaban J connectivity index is 1.63. The lowest BCUT2D eigenvalue weighted by molar-refractivity contribution is 0.414. The van der Waals surface area contributed by atoms with Crippen LogP contribution in [0.5, 0.6) is 5.75 Å². The van der Waals surface area contributed by atoms with Crippen molar-refractivity contribution in [3.8, 4) is 22.8 Å². The number of H-pyrrole nitrogens is 1. The normalized spacial score (nSPS) is 16.1. The molecule has 0 fully saturated rings. The number of hydrogen-bond acceptors (Lipinski definition) is 4. The summed E-state index contributed by atoms with van der Waals surface area (Å²) < 4.78 is 7.46. The van der Waals surface area contributed by atoms with Crippen molar-refractivity contribution >= 4 is 21.6 Å². The Labute approximate surface area is 179 Å². The number of aromatic amines is 1. The minimum Gasteiger partial charge on any atom is -0.497 e. The highest BCUT2D eigenvalue weighted by molar-refractivity contribution is 7.18. The molecule has 0 radical (unpaired) electrons. The molecule has 0 saturated carbocycles. The molecule has 3 aromatic heterocycles. The zero-order chi connectivity index (χ0) is 21.0. The van der Waals surface area contributed by atoms with E-state index in [0.29, 0.717) is 11.7 Å². The highest BCUT2D eigenvalue weighted by atomic mass is 32.1. The highest BCUT2D eigenvalue weighted by Gasteiger charge is 2.24. The number of nitrogens with one attached hydrogen (secondary N) is 1. The third kappa shape index (κ3) is 2.98. The van der Waals surface area contributed by atoms with Crippen LogP contribution in [0.25, 0.3) is 27.3 Å². The van der Waals surface area contributed by atoms with Gasteiger partial charge in [-0.3, -0.25) is 4.79 Å². The van der Waals surface area contributed by atoms with E-state index in [1.165, 1.54) is 10.4 Å². The number of benzene rings is 1. The Kier molecular flexibility index (Phi) is 4.54. The molecular weight excluding hydrogens is 394 g/mol. The van der Waals surface area contributed by atoms with Crippen LogP contribution in [0.15, 0.2) is 35.1 Å². The van der Waals surface area contributed by atoms with Gasteiger partial charge in [0.2, 0.25) is 0 Å². The van der Waals surface area contributed by atoms with Crippen molar-refractivity contribution in [3.63, 3.8) is 0 Å². The van der Waals surface area contributed by atoms with Crippen LogP contribution in [0.1, 0.15) is 35.2 Å². The minimum atomic E-state index is -0.0173. The summed E-state index contributed by atoms with van der Waals surface area (Å²) in [6.45, 7) is 6.42. The van der Waals surface area contributed by atoms with Gasteiger partial charge in [-0.2, -0.15) is 0 Å². The van der Waals surface area contributed by atoms with Crippen molar-refractivity contribution in [2.24, 2.45) is 5.92 Å². The fraction of sp³-hybridized carbons (Fsp3) is 0.333. The summed E-state index contributed by atoms with van der Waals surface area (Å²) >= 11 is 1.69. The van der Waals surface area contributed by atoms with E-state index < -0.39 is 0 Å². The Morgan fingerprint density at radius 2 is 2.00 bits per heavy atom. The molecule has 0 saturated heterocycles. The van der Waals surface area contributed by atoms with Crippen molar-refractivity contribution in [1.29, 1.82) is 0 Å². The molecule has 5 rings (SSSR count). The monoisotopic (exact) mass is 419 g/mol. The maximum absolute atomic E-state index is 13.0. The average molecular weight is 420 g/mol. The van der Waals surface area contributed by atoms with Gasteiger partial charge in [0.15, 0.2) is 0 Å². The van der Waals surface area contributed by atoms with Gasteiger partial charge in [-0.25, -0.2) is 4.98 Å². The van der Waals surface area contributed by atoms with Crippen molar-refractivity contribution < 1.29 is 4.74 Å². The standard InChI is InChI=1S/C24H25N3O2S/c1-13-5-10-18-20(11-13)30-24-21(18)23(28)25-22(26-24)19-12-14(2)27(15(19)3)16-6-8-17(29-4)9-7-16/h6-9,12-13H,5,10-11H2,1-4H3,(H,25,26,28). The van der Waals surface area contributed by atoms with Gasteiger partial charge in [0.05, 0.1) is 12.5 Å². The zero-order valence-corrected chi connectivity index (χ0v) is 18.5. The lowest BCUT2D eigenvalue weighted by atomic mass is 9.89. The average Bonchev–Trinajstić information content (AvgIpc) is 3.24. The van der Waals surface area contributed by atoms with Crippen LogP contribution in [0.2, 0.25) is 0 Å². The molecule has 1 aromatic carbocycles. The Morgan fingerprint density at radius 3 is 2.73 bits per heavy atom. The number of rotatable bonds is 3. The molecule has 1 atom stereocenters. The SMILES string of the molecule is COc1ccc(-n2c(C)cc(-c3nc4sc5c(c4c(=O)[nH]3)CCC(C)C5)c2C)cc1. The molecule has 1 unspecified atom stereocenters. The first-order valence-electron chi connectivity index (χ1n) is 10.3. The van der Waals surface area contributed by atoms with Gasteiger partial charge in [-0.15, -0.1) is 11.3 Å². The Morgan fingerprint density at radius 1 is 1.23 bits per heavy atom. The van der Waals surface area contributed by atoms with E-state index in [1.54, 1.807) is 18.4 Å². The van der Waals surface area contributed by atoms with Crippen LogP contribution in [0, 0.1) is 19.8 Å². The van der Waals surface area contributed by atoms with Crippen molar-refractivity contribution in [1.82, 2.24) is 14.5 Å². The molecule has 154 valence electrons. The molecule has 5 nitrogen and oxygen atoms in total. The van der Waals surface area contributed by atoms with E-state index in [9.17, 15) is 4.79 Å². The van der Waals surface area contributed by atoms with Crippen LogP contribution in [0.3, 0.4) is 0 Å². The van der Waals surface area contributed by atoms with Crippen LogP contribution < -0.4 is 10.3 Å². The smallest absolute Gasteiger partial charge is 0.260 e. The predicted octanol–water partition coefficient (Wildman–Crippen LogP) is 5.19. The molecule has 4 aromatic rings. The second-order valence-corrected chi connectivity index (χ2v) is 9.35. The quantitative estimate of drug-likeness (QED) is 0.497. The predicted molar refractivity (Wildman–Crippen MR) is 122 cm³/mol. The van der Waals surface area contributed by atoms with Gasteiger partial charge < -0.3 is 14.3 Å². The molecular formula is C24H25N3O2S. The van der Waals surface area contributed by atoms with Crippen LogP contribution >= 0.6 is 11.3 Å². The summed E-state index contributed by atoms with van der Waals surface area (Å²) in [5, 5.41) is 0.801. The number of fused-ring (bicyclic) bond motifs is 3. The van der Waals surface area contributed by atoms with Crippen molar-refractivity contribution in [2.45, 2.75) is 40.0 Å². The zero-order valence-electron chi connectivity index (χ0n) is 17.7. The first kappa shape index (κ1) is 19.1. The van der Waals surface area contributed by atoms with Crippen molar-refractivity contribution in [2.75, 3.05) is 7.11 Å². The van der Waals surface area contributed by atoms with E-state index in [-0.39, 0.29) is 5.56 Å². The van der Waals surface area contributed by atoms with E-state index in [0.717, 1.165) is 57.9 Å². The maximum Gasteiger partial charge on any atom is 0.260 e. The number of aryl methyl sites for hydroxylation is 2. The summed E-state index contributed by atoms with van der Waals surface area (Å²) in [7, 11) is 1.67. The van der Waals surface area contributed by atoms with Crippen LogP contribution in [0.4, 0.5) is 0 Å². The minimum absolute atomic E-state index is 0.0173. The summed E-state index contributed by atoms with van der Waals surface area (Å²) in [5.74, 6) is 2.15. The molecule has 0 amide bonds. The summed E-state index contributed by atoms with van der Waals surface area (Å²) in [5.41, 5.74) is 5.36. The third-order valence-corrected chi connectivity index (χ3v) is 7.33. The van der Waals surface area contributed by atoms with Crippen molar-refractivity contribution in [3.05, 3.63) is 62.5 Å². The molecule has 0 aliphatic heterocycles. The fourth-order valence-corrected chi connectivity index (χ4v) is 5.99. The Bertz CT molecular complexity index is 1310. The first-order chi connectivity index (χ1) is 14.5.